The molecule has 1 unspecified atom stereocenters. The van der Waals surface area contributed by atoms with Crippen LogP contribution in [0.4, 0.5) is 5.69 Å². The van der Waals surface area contributed by atoms with Crippen LogP contribution in [0.5, 0.6) is 0 Å². The summed E-state index contributed by atoms with van der Waals surface area (Å²) in [5.74, 6) is 0.102. The molecule has 1 atom stereocenters. The third-order valence-corrected chi connectivity index (χ3v) is 4.55. The van der Waals surface area contributed by atoms with E-state index in [1.54, 1.807) is 0 Å². The quantitative estimate of drug-likeness (QED) is 0.769. The fourth-order valence-corrected chi connectivity index (χ4v) is 2.80. The normalized spacial score (nSPS) is 11.8. The average molecular weight is 340 g/mol. The highest BCUT2D eigenvalue weighted by atomic mass is 16.2. The van der Waals surface area contributed by atoms with Gasteiger partial charge in [-0.05, 0) is 37.1 Å². The summed E-state index contributed by atoms with van der Waals surface area (Å²) >= 11 is 0. The number of quaternary nitrogens is 1. The molecule has 2 rings (SSSR count). The minimum Gasteiger partial charge on any atom is -0.378 e. The van der Waals surface area contributed by atoms with Gasteiger partial charge in [-0.2, -0.15) is 0 Å². The zero-order valence-electron chi connectivity index (χ0n) is 15.8. The maximum absolute atomic E-state index is 12.3. The summed E-state index contributed by atoms with van der Waals surface area (Å²) in [5, 5.41) is 3.05. The van der Waals surface area contributed by atoms with E-state index in [0.717, 1.165) is 13.1 Å². The molecule has 0 radical (unpaired) electrons. The number of carbonyl (C=O) groups excluding carboxylic acids is 1. The summed E-state index contributed by atoms with van der Waals surface area (Å²) in [6.07, 6.45) is 0. The van der Waals surface area contributed by atoms with Crippen LogP contribution in [0.3, 0.4) is 0 Å². The van der Waals surface area contributed by atoms with Crippen molar-refractivity contribution in [3.05, 3.63) is 65.2 Å². The van der Waals surface area contributed by atoms with E-state index in [-0.39, 0.29) is 5.91 Å². The van der Waals surface area contributed by atoms with E-state index in [9.17, 15) is 4.79 Å². The minimum absolute atomic E-state index is 0.102. The lowest BCUT2D eigenvalue weighted by Gasteiger charge is -2.18. The molecule has 4 heteroatoms. The molecule has 0 aliphatic rings. The molecular weight excluding hydrogens is 310 g/mol. The van der Waals surface area contributed by atoms with Gasteiger partial charge >= 0.3 is 0 Å². The Labute approximate surface area is 151 Å². The molecule has 134 valence electrons. The van der Waals surface area contributed by atoms with E-state index in [2.05, 4.69) is 60.5 Å². The van der Waals surface area contributed by atoms with E-state index in [0.29, 0.717) is 13.1 Å². The lowest BCUT2D eigenvalue weighted by atomic mass is 10.1. The first-order valence-electron chi connectivity index (χ1n) is 8.90. The number of nitrogens with zero attached hydrogens (tertiary/aromatic N) is 1. The number of amides is 1. The average Bonchev–Trinajstić information content (AvgIpc) is 2.61. The summed E-state index contributed by atoms with van der Waals surface area (Å²) in [4.78, 5) is 15.6. The van der Waals surface area contributed by atoms with Crippen molar-refractivity contribution in [1.29, 1.82) is 0 Å². The topological polar surface area (TPSA) is 36.8 Å². The van der Waals surface area contributed by atoms with E-state index < -0.39 is 0 Å². The van der Waals surface area contributed by atoms with Gasteiger partial charge in [0.2, 0.25) is 0 Å². The molecule has 0 saturated heterocycles. The maximum atomic E-state index is 12.3. The number of hydrogen-bond donors (Lipinski definition) is 2. The number of aryl methyl sites for hydroxylation is 1. The largest absolute Gasteiger partial charge is 0.378 e. The Kier molecular flexibility index (Phi) is 7.02. The van der Waals surface area contributed by atoms with Crippen LogP contribution in [0.15, 0.2) is 48.5 Å². The third-order valence-electron chi connectivity index (χ3n) is 4.55. The van der Waals surface area contributed by atoms with Crippen molar-refractivity contribution < 1.29 is 9.69 Å². The van der Waals surface area contributed by atoms with Gasteiger partial charge in [0, 0.05) is 31.9 Å². The Morgan fingerprint density at radius 2 is 1.76 bits per heavy atom. The van der Waals surface area contributed by atoms with Crippen LogP contribution in [0, 0.1) is 6.92 Å². The molecule has 25 heavy (non-hydrogen) atoms. The number of hydrogen-bond acceptors (Lipinski definition) is 2. The van der Waals surface area contributed by atoms with Gasteiger partial charge in [0.25, 0.3) is 5.91 Å². The van der Waals surface area contributed by atoms with Crippen LogP contribution in [0.1, 0.15) is 23.6 Å². The van der Waals surface area contributed by atoms with E-state index in [1.165, 1.54) is 27.3 Å². The van der Waals surface area contributed by atoms with Crippen molar-refractivity contribution in [3.63, 3.8) is 0 Å². The summed E-state index contributed by atoms with van der Waals surface area (Å²) < 4.78 is 0. The predicted molar refractivity (Wildman–Crippen MR) is 104 cm³/mol. The smallest absolute Gasteiger partial charge is 0.275 e. The van der Waals surface area contributed by atoms with Crippen molar-refractivity contribution in [1.82, 2.24) is 5.32 Å². The predicted octanol–water partition coefficient (Wildman–Crippen LogP) is 1.78. The fraction of sp³-hybridized carbons (Fsp3) is 0.381. The Hall–Kier alpha value is -2.33. The Bertz CT molecular complexity index is 680. The summed E-state index contributed by atoms with van der Waals surface area (Å²) in [7, 11) is 4.08. The number of benzene rings is 2. The second-order valence-corrected chi connectivity index (χ2v) is 6.72. The van der Waals surface area contributed by atoms with Crippen molar-refractivity contribution >= 4 is 11.6 Å². The summed E-state index contributed by atoms with van der Waals surface area (Å²) in [5.41, 5.74) is 4.84. The molecule has 2 N–H and O–H groups in total. The van der Waals surface area contributed by atoms with Crippen molar-refractivity contribution in [3.8, 4) is 0 Å². The molecule has 4 nitrogen and oxygen atoms in total. The first-order valence-corrected chi connectivity index (χ1v) is 8.90. The molecule has 0 aliphatic carbocycles. The maximum Gasteiger partial charge on any atom is 0.275 e. The molecule has 0 fully saturated rings. The summed E-state index contributed by atoms with van der Waals surface area (Å²) in [6, 6.07) is 16.7. The number of nitrogens with one attached hydrogen (secondary N) is 2. The highest BCUT2D eigenvalue weighted by Crippen LogP contribution is 2.11. The van der Waals surface area contributed by atoms with Gasteiger partial charge in [0.15, 0.2) is 6.54 Å². The van der Waals surface area contributed by atoms with Crippen LogP contribution in [0.2, 0.25) is 0 Å². The zero-order chi connectivity index (χ0) is 18.2. The molecule has 0 heterocycles. The molecule has 1 amide bonds. The van der Waals surface area contributed by atoms with Crippen LogP contribution in [0.25, 0.3) is 0 Å². The van der Waals surface area contributed by atoms with E-state index in [1.807, 2.05) is 26.2 Å². The SMILES string of the molecule is CC[NH+](CC(=O)NCc1ccccc1C)Cc1ccc(N(C)C)cc1. The zero-order valence-corrected chi connectivity index (χ0v) is 15.8. The lowest BCUT2D eigenvalue weighted by Crippen LogP contribution is -3.11. The van der Waals surface area contributed by atoms with Crippen LogP contribution in [-0.2, 0) is 17.9 Å². The standard InChI is InChI=1S/C21H29N3O/c1-5-24(15-18-10-12-20(13-11-18)23(3)4)16-21(25)22-14-19-9-7-6-8-17(19)2/h6-13H,5,14-16H2,1-4H3,(H,22,25)/p+1. The van der Waals surface area contributed by atoms with Gasteiger partial charge < -0.3 is 15.1 Å². The highest BCUT2D eigenvalue weighted by Gasteiger charge is 2.13. The number of anilines is 1. The van der Waals surface area contributed by atoms with Crippen molar-refractivity contribution in [2.45, 2.75) is 26.9 Å². The third kappa shape index (κ3) is 5.91. The van der Waals surface area contributed by atoms with Gasteiger partial charge in [-0.25, -0.2) is 0 Å². The van der Waals surface area contributed by atoms with Gasteiger partial charge in [0.1, 0.15) is 6.54 Å². The van der Waals surface area contributed by atoms with Crippen LogP contribution in [-0.4, -0.2) is 33.1 Å². The minimum atomic E-state index is 0.102. The molecule has 0 aromatic heterocycles. The van der Waals surface area contributed by atoms with Gasteiger partial charge in [-0.3, -0.25) is 4.79 Å². The Balaban J connectivity index is 1.86. The molecule has 0 aliphatic heterocycles. The highest BCUT2D eigenvalue weighted by molar-refractivity contribution is 5.76. The first kappa shape index (κ1) is 19.0. The van der Waals surface area contributed by atoms with Crippen molar-refractivity contribution in [2.75, 3.05) is 32.1 Å². The van der Waals surface area contributed by atoms with Crippen molar-refractivity contribution in [2.24, 2.45) is 0 Å². The van der Waals surface area contributed by atoms with Gasteiger partial charge in [-0.15, -0.1) is 0 Å². The molecule has 0 bridgehead atoms. The van der Waals surface area contributed by atoms with Gasteiger partial charge in [-0.1, -0.05) is 36.4 Å². The molecule has 0 saturated carbocycles. The van der Waals surface area contributed by atoms with Gasteiger partial charge in [0.05, 0.1) is 6.54 Å². The molecule has 0 spiro atoms. The monoisotopic (exact) mass is 340 g/mol. The van der Waals surface area contributed by atoms with Crippen LogP contribution >= 0.6 is 0 Å². The van der Waals surface area contributed by atoms with E-state index >= 15 is 0 Å². The fourth-order valence-electron chi connectivity index (χ4n) is 2.80. The van der Waals surface area contributed by atoms with E-state index in [4.69, 9.17) is 0 Å². The Morgan fingerprint density at radius 3 is 2.36 bits per heavy atom. The molecule has 2 aromatic carbocycles. The number of likely N-dealkylation sites (N-methyl/N-ethyl adjacent to an activating group) is 1. The van der Waals surface area contributed by atoms with Crippen LogP contribution < -0.4 is 15.1 Å². The summed E-state index contributed by atoms with van der Waals surface area (Å²) in [6.45, 7) is 7.08. The Morgan fingerprint density at radius 1 is 1.08 bits per heavy atom. The molecular formula is C21H30N3O+. The number of carbonyl (C=O) groups is 1. The molecule has 2 aromatic rings. The first-order chi connectivity index (χ1) is 12.0. The lowest BCUT2D eigenvalue weighted by molar-refractivity contribution is -0.904. The number of rotatable bonds is 8. The second kappa shape index (κ2) is 9.23. The second-order valence-electron chi connectivity index (χ2n) is 6.72.